The molecule has 0 fully saturated rings. The number of fused-ring (bicyclic) bond motifs is 1. The van der Waals surface area contributed by atoms with E-state index in [1.54, 1.807) is 25.2 Å². The van der Waals surface area contributed by atoms with Crippen LogP contribution in [-0.2, 0) is 29.0 Å². The molecule has 0 aromatic carbocycles. The van der Waals surface area contributed by atoms with Gasteiger partial charge in [-0.15, -0.1) is 11.3 Å². The number of amides is 1. The largest absolute Gasteiger partial charge is 0.481 e. The fourth-order valence-electron chi connectivity index (χ4n) is 2.25. The molecule has 0 bridgehead atoms. The predicted octanol–water partition coefficient (Wildman–Crippen LogP) is 2.21. The molecule has 1 aliphatic carbocycles. The molecule has 0 saturated heterocycles. The Morgan fingerprint density at radius 1 is 1.37 bits per heavy atom. The number of carboxylic acids is 1. The molecular weight excluding hydrogens is 262 g/mol. The van der Waals surface area contributed by atoms with Crippen molar-refractivity contribution < 1.29 is 14.7 Å². The van der Waals surface area contributed by atoms with E-state index in [1.165, 1.54) is 16.9 Å². The summed E-state index contributed by atoms with van der Waals surface area (Å²) < 4.78 is 0. The summed E-state index contributed by atoms with van der Waals surface area (Å²) in [5.74, 6) is -2.29. The van der Waals surface area contributed by atoms with Crippen molar-refractivity contribution in [2.45, 2.75) is 39.7 Å². The van der Waals surface area contributed by atoms with Crippen molar-refractivity contribution in [3.8, 4) is 0 Å². The summed E-state index contributed by atoms with van der Waals surface area (Å²) in [6.07, 6.45) is 3.54. The first-order valence-electron chi connectivity index (χ1n) is 6.60. The first kappa shape index (κ1) is 14.1. The molecular formula is C14H19NO3S. The molecule has 4 nitrogen and oxygen atoms in total. The fourth-order valence-corrected chi connectivity index (χ4v) is 3.45. The van der Waals surface area contributed by atoms with Crippen molar-refractivity contribution >= 4 is 23.2 Å². The highest BCUT2D eigenvalue weighted by molar-refractivity contribution is 7.12. The average molecular weight is 281 g/mol. The van der Waals surface area contributed by atoms with Crippen LogP contribution >= 0.6 is 11.3 Å². The van der Waals surface area contributed by atoms with Crippen LogP contribution < -0.4 is 5.32 Å². The van der Waals surface area contributed by atoms with Crippen LogP contribution in [0.3, 0.4) is 0 Å². The molecule has 0 aliphatic heterocycles. The van der Waals surface area contributed by atoms with Gasteiger partial charge in [0.15, 0.2) is 0 Å². The van der Waals surface area contributed by atoms with Crippen molar-refractivity contribution in [2.75, 3.05) is 0 Å². The average Bonchev–Trinajstić information content (AvgIpc) is 2.94. The second kappa shape index (κ2) is 5.74. The zero-order chi connectivity index (χ0) is 14.0. The molecule has 0 saturated carbocycles. The number of nitrogens with one attached hydrogen (secondary N) is 1. The third kappa shape index (κ3) is 3.15. The number of aryl methyl sites for hydroxylation is 2. The van der Waals surface area contributed by atoms with E-state index in [0.717, 1.165) is 17.7 Å². The van der Waals surface area contributed by atoms with E-state index in [0.29, 0.717) is 6.54 Å². The zero-order valence-corrected chi connectivity index (χ0v) is 12.0. The van der Waals surface area contributed by atoms with Gasteiger partial charge in [0.05, 0.1) is 12.5 Å². The van der Waals surface area contributed by atoms with E-state index < -0.39 is 17.8 Å². The van der Waals surface area contributed by atoms with Gasteiger partial charge in [0.2, 0.25) is 5.91 Å². The molecule has 1 aromatic rings. The Morgan fingerprint density at radius 3 is 2.74 bits per heavy atom. The van der Waals surface area contributed by atoms with Crippen LogP contribution in [0.2, 0.25) is 0 Å². The summed E-state index contributed by atoms with van der Waals surface area (Å²) in [6.45, 7) is 3.72. The summed E-state index contributed by atoms with van der Waals surface area (Å²) in [6, 6.07) is 2.17. The van der Waals surface area contributed by atoms with E-state index in [9.17, 15) is 9.59 Å². The lowest BCUT2D eigenvalue weighted by atomic mass is 9.95. The molecule has 1 aliphatic rings. The summed E-state index contributed by atoms with van der Waals surface area (Å²) in [5.41, 5.74) is 1.42. The lowest BCUT2D eigenvalue weighted by Crippen LogP contribution is -2.34. The topological polar surface area (TPSA) is 66.4 Å². The summed E-state index contributed by atoms with van der Waals surface area (Å²) >= 11 is 1.76. The number of carboxylic acid groups (broad SMARTS) is 1. The van der Waals surface area contributed by atoms with Crippen molar-refractivity contribution in [3.05, 3.63) is 21.4 Å². The third-order valence-corrected chi connectivity index (χ3v) is 5.02. The van der Waals surface area contributed by atoms with Crippen LogP contribution in [0, 0.1) is 11.8 Å². The van der Waals surface area contributed by atoms with Crippen LogP contribution in [0.1, 0.15) is 35.6 Å². The van der Waals surface area contributed by atoms with Gasteiger partial charge in [0.25, 0.3) is 0 Å². The molecule has 2 unspecified atom stereocenters. The summed E-state index contributed by atoms with van der Waals surface area (Å²) in [4.78, 5) is 25.3. The highest BCUT2D eigenvalue weighted by atomic mass is 32.1. The Balaban J connectivity index is 1.87. The molecule has 1 heterocycles. The first-order valence-corrected chi connectivity index (χ1v) is 7.41. The van der Waals surface area contributed by atoms with Crippen LogP contribution in [0.25, 0.3) is 0 Å². The molecule has 2 atom stereocenters. The minimum atomic E-state index is -0.933. The smallest absolute Gasteiger partial charge is 0.307 e. The second-order valence-corrected chi connectivity index (χ2v) is 6.37. The zero-order valence-electron chi connectivity index (χ0n) is 11.2. The lowest BCUT2D eigenvalue weighted by Gasteiger charge is -2.15. The van der Waals surface area contributed by atoms with E-state index in [2.05, 4.69) is 11.4 Å². The molecule has 2 N–H and O–H groups in total. The van der Waals surface area contributed by atoms with Gasteiger partial charge in [-0.05, 0) is 30.9 Å². The van der Waals surface area contributed by atoms with Crippen LogP contribution in [0.5, 0.6) is 0 Å². The summed E-state index contributed by atoms with van der Waals surface area (Å²) in [7, 11) is 0. The van der Waals surface area contributed by atoms with Crippen molar-refractivity contribution in [3.63, 3.8) is 0 Å². The van der Waals surface area contributed by atoms with E-state index in [4.69, 9.17) is 5.11 Å². The molecule has 0 spiro atoms. The quantitative estimate of drug-likeness (QED) is 0.869. The third-order valence-electron chi connectivity index (χ3n) is 3.79. The van der Waals surface area contributed by atoms with Crippen molar-refractivity contribution in [1.29, 1.82) is 0 Å². The Bertz CT molecular complexity index is 473. The maximum absolute atomic E-state index is 11.9. The van der Waals surface area contributed by atoms with Gasteiger partial charge in [0.1, 0.15) is 0 Å². The normalized spacial score (nSPS) is 16.7. The minimum Gasteiger partial charge on any atom is -0.481 e. The highest BCUT2D eigenvalue weighted by Crippen LogP contribution is 2.30. The van der Waals surface area contributed by atoms with Crippen LogP contribution in [0.15, 0.2) is 6.07 Å². The van der Waals surface area contributed by atoms with E-state index in [-0.39, 0.29) is 5.91 Å². The molecule has 1 aromatic heterocycles. The Morgan fingerprint density at radius 2 is 2.11 bits per heavy atom. The van der Waals surface area contributed by atoms with Crippen LogP contribution in [0.4, 0.5) is 0 Å². The van der Waals surface area contributed by atoms with Gasteiger partial charge in [-0.1, -0.05) is 13.8 Å². The van der Waals surface area contributed by atoms with E-state index >= 15 is 0 Å². The molecule has 2 rings (SSSR count). The lowest BCUT2D eigenvalue weighted by molar-refractivity contribution is -0.146. The fraction of sp³-hybridized carbons (Fsp3) is 0.571. The number of hydrogen-bond donors (Lipinski definition) is 2. The second-order valence-electron chi connectivity index (χ2n) is 5.15. The number of hydrogen-bond acceptors (Lipinski definition) is 3. The molecule has 19 heavy (non-hydrogen) atoms. The minimum absolute atomic E-state index is 0.191. The van der Waals surface area contributed by atoms with Crippen molar-refractivity contribution in [1.82, 2.24) is 5.32 Å². The molecule has 1 amide bonds. The maximum Gasteiger partial charge on any atom is 0.307 e. The Hall–Kier alpha value is -1.36. The Kier molecular flexibility index (Phi) is 4.24. The number of carbonyl (C=O) groups excluding carboxylic acids is 1. The van der Waals surface area contributed by atoms with Crippen molar-refractivity contribution in [2.24, 2.45) is 11.8 Å². The van der Waals surface area contributed by atoms with E-state index in [1.807, 2.05) is 0 Å². The highest BCUT2D eigenvalue weighted by Gasteiger charge is 2.25. The van der Waals surface area contributed by atoms with Gasteiger partial charge >= 0.3 is 5.97 Å². The first-order chi connectivity index (χ1) is 8.99. The van der Waals surface area contributed by atoms with Gasteiger partial charge in [-0.3, -0.25) is 9.59 Å². The molecule has 5 heteroatoms. The molecule has 104 valence electrons. The SMILES string of the molecule is CC(C(=O)O)C(C)C(=O)NCc1cc2c(s1)CCC2. The van der Waals surface area contributed by atoms with Gasteiger partial charge in [-0.2, -0.15) is 0 Å². The molecule has 0 radical (unpaired) electrons. The standard InChI is InChI=1S/C14H19NO3S/c1-8(9(2)14(17)18)13(16)15-7-11-6-10-4-3-5-12(10)19-11/h6,8-9H,3-5,7H2,1-2H3,(H,15,16)(H,17,18). The number of rotatable bonds is 5. The maximum atomic E-state index is 11.9. The summed E-state index contributed by atoms with van der Waals surface area (Å²) in [5, 5.41) is 11.7. The van der Waals surface area contributed by atoms with Gasteiger partial charge < -0.3 is 10.4 Å². The number of thiophene rings is 1. The monoisotopic (exact) mass is 281 g/mol. The Labute approximate surface area is 116 Å². The predicted molar refractivity (Wildman–Crippen MR) is 74.2 cm³/mol. The van der Waals surface area contributed by atoms with Crippen LogP contribution in [-0.4, -0.2) is 17.0 Å². The van der Waals surface area contributed by atoms with Gasteiger partial charge in [0, 0.05) is 15.7 Å². The number of carbonyl (C=O) groups is 2. The number of aliphatic carboxylic acids is 1. The van der Waals surface area contributed by atoms with Gasteiger partial charge in [-0.25, -0.2) is 0 Å².